The van der Waals surface area contributed by atoms with Crippen LogP contribution in [0, 0.1) is 17.2 Å². The molecule has 34 heavy (non-hydrogen) atoms. The van der Waals surface area contributed by atoms with Gasteiger partial charge in [-0.05, 0) is 43.7 Å². The van der Waals surface area contributed by atoms with Gasteiger partial charge in [0, 0.05) is 38.0 Å². The molecule has 11 heteroatoms. The first-order valence-corrected chi connectivity index (χ1v) is 12.3. The highest BCUT2D eigenvalue weighted by Gasteiger charge is 2.46. The van der Waals surface area contributed by atoms with E-state index in [-0.39, 0.29) is 41.5 Å². The number of aromatic nitrogens is 3. The molecule has 0 spiro atoms. The molecule has 2 aromatic heterocycles. The van der Waals surface area contributed by atoms with Crippen molar-refractivity contribution in [2.45, 2.75) is 56.6 Å². The van der Waals surface area contributed by atoms with Crippen molar-refractivity contribution in [3.8, 4) is 6.07 Å². The highest BCUT2D eigenvalue weighted by molar-refractivity contribution is 6.35. The fourth-order valence-corrected chi connectivity index (χ4v) is 5.91. The number of methoxy groups -OCH3 is 1. The van der Waals surface area contributed by atoms with Crippen molar-refractivity contribution < 1.29 is 9.47 Å². The van der Waals surface area contributed by atoms with E-state index in [1.165, 1.54) is 6.20 Å². The Labute approximate surface area is 208 Å². The second-order valence-corrected chi connectivity index (χ2v) is 9.85. The average Bonchev–Trinajstić information content (AvgIpc) is 3.20. The molecule has 3 aliphatic rings. The van der Waals surface area contributed by atoms with Gasteiger partial charge in [0.05, 0.1) is 41.1 Å². The molecule has 4 heterocycles. The standard InChI is InChI=1S/C23H27Cl2N7O2/c1-12(20-16(24)11-28-31-22(20)25)34-19-7-15-17(8-18(19)33-2)29-30-21(15)14-6-13(9-26)23(27-10-14)32-4-3-5-32/h6,10-12,15,17-19,21,29-30H,3-5,7-8H2,1-2H3/t12-,15?,17?,18?,19?,21?/m1/s1. The number of nitrogens with zero attached hydrogens (tertiary/aromatic N) is 5. The SMILES string of the molecule is COC1CC2NNC(c3cnc(N4CCC4)c(C#N)c3)C2CC1O[C@H](C)c1c(Cl)cnnc1Cl. The number of rotatable bonds is 6. The van der Waals surface area contributed by atoms with Crippen LogP contribution in [0.1, 0.15) is 55.0 Å². The number of pyridine rings is 1. The lowest BCUT2D eigenvalue weighted by Gasteiger charge is -2.39. The Kier molecular flexibility index (Phi) is 6.89. The summed E-state index contributed by atoms with van der Waals surface area (Å²) in [6, 6.07) is 4.50. The number of nitrogens with one attached hydrogen (secondary N) is 2. The van der Waals surface area contributed by atoms with Crippen LogP contribution in [0.5, 0.6) is 0 Å². The molecule has 2 aromatic rings. The van der Waals surface area contributed by atoms with E-state index in [9.17, 15) is 5.26 Å². The van der Waals surface area contributed by atoms with Crippen molar-refractivity contribution in [1.29, 1.82) is 5.26 Å². The van der Waals surface area contributed by atoms with Crippen molar-refractivity contribution in [3.63, 3.8) is 0 Å². The first-order valence-electron chi connectivity index (χ1n) is 11.5. The Morgan fingerprint density at radius 3 is 2.71 bits per heavy atom. The van der Waals surface area contributed by atoms with Crippen molar-refractivity contribution >= 4 is 29.0 Å². The molecular weight excluding hydrogens is 477 g/mol. The molecule has 1 saturated carbocycles. The number of anilines is 1. The second kappa shape index (κ2) is 9.90. The van der Waals surface area contributed by atoms with Gasteiger partial charge < -0.3 is 14.4 Å². The quantitative estimate of drug-likeness (QED) is 0.612. The van der Waals surface area contributed by atoms with Gasteiger partial charge in [-0.1, -0.05) is 23.2 Å². The van der Waals surface area contributed by atoms with Gasteiger partial charge in [-0.2, -0.15) is 10.4 Å². The molecule has 9 nitrogen and oxygen atoms in total. The minimum Gasteiger partial charge on any atom is -0.379 e. The number of hydrogen-bond donors (Lipinski definition) is 2. The van der Waals surface area contributed by atoms with Gasteiger partial charge >= 0.3 is 0 Å². The summed E-state index contributed by atoms with van der Waals surface area (Å²) in [5, 5.41) is 18.1. The van der Waals surface area contributed by atoms with Crippen LogP contribution in [-0.2, 0) is 9.47 Å². The number of fused-ring (bicyclic) bond motifs is 1. The smallest absolute Gasteiger partial charge is 0.158 e. The number of hydrazine groups is 1. The predicted octanol–water partition coefficient (Wildman–Crippen LogP) is 3.35. The number of ether oxygens (including phenoxy) is 2. The Morgan fingerprint density at radius 2 is 2.03 bits per heavy atom. The molecule has 3 fully saturated rings. The molecule has 6 atom stereocenters. The van der Waals surface area contributed by atoms with Gasteiger partial charge in [0.25, 0.3) is 0 Å². The fraction of sp³-hybridized carbons (Fsp3) is 0.565. The third-order valence-corrected chi connectivity index (χ3v) is 7.76. The highest BCUT2D eigenvalue weighted by Crippen LogP contribution is 2.42. The summed E-state index contributed by atoms with van der Waals surface area (Å²) < 4.78 is 12.3. The van der Waals surface area contributed by atoms with E-state index in [1.54, 1.807) is 7.11 Å². The van der Waals surface area contributed by atoms with Crippen LogP contribution in [0.25, 0.3) is 0 Å². The zero-order valence-electron chi connectivity index (χ0n) is 19.0. The van der Waals surface area contributed by atoms with Gasteiger partial charge in [-0.25, -0.2) is 10.4 Å². The van der Waals surface area contributed by atoms with Crippen LogP contribution < -0.4 is 15.8 Å². The predicted molar refractivity (Wildman–Crippen MR) is 127 cm³/mol. The highest BCUT2D eigenvalue weighted by atomic mass is 35.5. The average molecular weight is 504 g/mol. The molecular formula is C23H27Cl2N7O2. The maximum Gasteiger partial charge on any atom is 0.158 e. The molecule has 0 amide bonds. The monoisotopic (exact) mass is 503 g/mol. The first kappa shape index (κ1) is 23.7. The molecule has 180 valence electrons. The summed E-state index contributed by atoms with van der Waals surface area (Å²) >= 11 is 12.6. The molecule has 5 unspecified atom stereocenters. The van der Waals surface area contributed by atoms with Gasteiger partial charge in [0.1, 0.15) is 11.9 Å². The number of halogens is 2. The number of nitriles is 1. The zero-order chi connectivity index (χ0) is 23.8. The summed E-state index contributed by atoms with van der Waals surface area (Å²) in [5.74, 6) is 1.01. The lowest BCUT2D eigenvalue weighted by molar-refractivity contribution is -0.117. The molecule has 2 N–H and O–H groups in total. The van der Waals surface area contributed by atoms with Gasteiger partial charge in [0.2, 0.25) is 0 Å². The van der Waals surface area contributed by atoms with E-state index in [1.807, 2.05) is 19.2 Å². The molecule has 2 saturated heterocycles. The summed E-state index contributed by atoms with van der Waals surface area (Å²) in [6.45, 7) is 3.81. The van der Waals surface area contributed by atoms with Gasteiger partial charge in [-0.15, -0.1) is 5.10 Å². The van der Waals surface area contributed by atoms with E-state index >= 15 is 0 Å². The van der Waals surface area contributed by atoms with Crippen LogP contribution in [0.15, 0.2) is 18.5 Å². The minimum absolute atomic E-state index is 0.00372. The third-order valence-electron chi connectivity index (χ3n) is 7.18. The lowest BCUT2D eigenvalue weighted by atomic mass is 9.77. The van der Waals surface area contributed by atoms with Crippen LogP contribution in [0.3, 0.4) is 0 Å². The molecule has 5 rings (SSSR count). The first-order chi connectivity index (χ1) is 16.5. The fourth-order valence-electron chi connectivity index (χ4n) is 5.27. The van der Waals surface area contributed by atoms with Crippen LogP contribution in [-0.4, -0.2) is 53.6 Å². The molecule has 0 bridgehead atoms. The Hall–Kier alpha value is -2.06. The largest absolute Gasteiger partial charge is 0.379 e. The van der Waals surface area contributed by atoms with Gasteiger partial charge in [-0.3, -0.25) is 5.43 Å². The van der Waals surface area contributed by atoms with Crippen molar-refractivity contribution in [3.05, 3.63) is 45.3 Å². The lowest BCUT2D eigenvalue weighted by Crippen LogP contribution is -2.47. The van der Waals surface area contributed by atoms with Crippen LogP contribution >= 0.6 is 23.2 Å². The van der Waals surface area contributed by atoms with Crippen molar-refractivity contribution in [1.82, 2.24) is 26.0 Å². The Morgan fingerprint density at radius 1 is 1.21 bits per heavy atom. The normalized spacial score (nSPS) is 29.3. The topological polar surface area (TPSA) is 108 Å². The number of hydrogen-bond acceptors (Lipinski definition) is 9. The van der Waals surface area contributed by atoms with Crippen molar-refractivity contribution in [2.24, 2.45) is 5.92 Å². The summed E-state index contributed by atoms with van der Waals surface area (Å²) in [6.07, 6.45) is 5.39. The van der Waals surface area contributed by atoms with E-state index in [4.69, 9.17) is 32.7 Å². The van der Waals surface area contributed by atoms with E-state index < -0.39 is 0 Å². The van der Waals surface area contributed by atoms with Crippen LogP contribution in [0.4, 0.5) is 5.82 Å². The molecule has 0 radical (unpaired) electrons. The van der Waals surface area contributed by atoms with Crippen LogP contribution in [0.2, 0.25) is 10.2 Å². The Balaban J connectivity index is 1.36. The second-order valence-electron chi connectivity index (χ2n) is 9.09. The molecule has 2 aliphatic heterocycles. The summed E-state index contributed by atoms with van der Waals surface area (Å²) in [7, 11) is 1.71. The molecule has 1 aliphatic carbocycles. The van der Waals surface area contributed by atoms with Crippen molar-refractivity contribution in [2.75, 3.05) is 25.1 Å². The maximum absolute atomic E-state index is 9.73. The van der Waals surface area contributed by atoms with E-state index in [0.29, 0.717) is 16.1 Å². The van der Waals surface area contributed by atoms with E-state index in [0.717, 1.165) is 43.7 Å². The van der Waals surface area contributed by atoms with E-state index in [2.05, 4.69) is 37.0 Å². The summed E-state index contributed by atoms with van der Waals surface area (Å²) in [5.41, 5.74) is 9.08. The molecule has 0 aromatic carbocycles. The van der Waals surface area contributed by atoms with Gasteiger partial charge in [0.15, 0.2) is 5.15 Å². The Bertz CT molecular complexity index is 1070. The minimum atomic E-state index is -0.377. The summed E-state index contributed by atoms with van der Waals surface area (Å²) in [4.78, 5) is 6.79. The maximum atomic E-state index is 9.73. The zero-order valence-corrected chi connectivity index (χ0v) is 20.6. The third kappa shape index (κ3) is 4.35.